The van der Waals surface area contributed by atoms with E-state index in [9.17, 15) is 4.79 Å². The average molecular weight is 300 g/mol. The average Bonchev–Trinajstić information content (AvgIpc) is 2.45. The third-order valence-corrected chi connectivity index (χ3v) is 4.03. The van der Waals surface area contributed by atoms with Crippen LogP contribution in [0.3, 0.4) is 0 Å². The van der Waals surface area contributed by atoms with Crippen molar-refractivity contribution >= 4 is 6.16 Å². The van der Waals surface area contributed by atoms with Crippen LogP contribution in [0.25, 0.3) is 0 Å². The van der Waals surface area contributed by atoms with Crippen molar-refractivity contribution in [1.29, 1.82) is 0 Å². The van der Waals surface area contributed by atoms with Crippen LogP contribution in [-0.2, 0) is 4.74 Å². The maximum Gasteiger partial charge on any atom is 0.506 e. The highest BCUT2D eigenvalue weighted by molar-refractivity contribution is 5.57. The summed E-state index contributed by atoms with van der Waals surface area (Å²) in [6.45, 7) is 4.41. The van der Waals surface area contributed by atoms with Crippen LogP contribution in [0.4, 0.5) is 4.79 Å². The number of carbonyl (C=O) groups is 1. The van der Waals surface area contributed by atoms with Gasteiger partial charge in [-0.05, 0) is 25.7 Å². The molecule has 0 aromatic carbocycles. The zero-order valence-corrected chi connectivity index (χ0v) is 14.2. The van der Waals surface area contributed by atoms with Gasteiger partial charge in [0, 0.05) is 0 Å². The smallest absolute Gasteiger partial charge is 0.450 e. The first-order chi connectivity index (χ1) is 10.2. The van der Waals surface area contributed by atoms with Crippen LogP contribution in [0.2, 0.25) is 0 Å². The number of hydrogen-bond acceptors (Lipinski definition) is 2. The monoisotopic (exact) mass is 300 g/mol. The summed E-state index contributed by atoms with van der Waals surface area (Å²) in [4.78, 5) is 10.7. The summed E-state index contributed by atoms with van der Waals surface area (Å²) in [6, 6.07) is 0. The Bertz CT molecular complexity index is 229. The highest BCUT2D eigenvalue weighted by atomic mass is 16.7. The Hall–Kier alpha value is -0.730. The van der Waals surface area contributed by atoms with Gasteiger partial charge < -0.3 is 9.84 Å². The first-order valence-corrected chi connectivity index (χ1v) is 9.10. The molecule has 1 unspecified atom stereocenters. The summed E-state index contributed by atoms with van der Waals surface area (Å²) >= 11 is 0. The number of hydrogen-bond donors (Lipinski definition) is 1. The summed E-state index contributed by atoms with van der Waals surface area (Å²) in [7, 11) is 0. The van der Waals surface area contributed by atoms with Gasteiger partial charge in [-0.3, -0.25) is 0 Å². The lowest BCUT2D eigenvalue weighted by Gasteiger charge is -2.15. The molecule has 0 aromatic rings. The van der Waals surface area contributed by atoms with Crippen molar-refractivity contribution in [2.75, 3.05) is 0 Å². The van der Waals surface area contributed by atoms with Gasteiger partial charge in [0.1, 0.15) is 6.10 Å². The number of unbranched alkanes of at least 4 members (excludes halogenated alkanes) is 10. The van der Waals surface area contributed by atoms with Gasteiger partial charge in [0.2, 0.25) is 0 Å². The van der Waals surface area contributed by atoms with E-state index in [1.807, 2.05) is 0 Å². The quantitative estimate of drug-likeness (QED) is 0.275. The normalized spacial score (nSPS) is 12.3. The predicted octanol–water partition coefficient (Wildman–Crippen LogP) is 6.55. The maximum atomic E-state index is 10.7. The third-order valence-electron chi connectivity index (χ3n) is 4.03. The molecule has 0 radical (unpaired) electrons. The van der Waals surface area contributed by atoms with E-state index < -0.39 is 6.16 Å². The Morgan fingerprint density at radius 2 is 1.14 bits per heavy atom. The fourth-order valence-corrected chi connectivity index (χ4v) is 2.71. The summed E-state index contributed by atoms with van der Waals surface area (Å²) in [5.41, 5.74) is 0. The molecule has 1 N–H and O–H groups in total. The van der Waals surface area contributed by atoms with Crippen molar-refractivity contribution in [2.45, 2.75) is 110 Å². The second-order valence-electron chi connectivity index (χ2n) is 6.12. The van der Waals surface area contributed by atoms with Crippen LogP contribution in [0.15, 0.2) is 0 Å². The molecule has 0 bridgehead atoms. The van der Waals surface area contributed by atoms with Gasteiger partial charge >= 0.3 is 6.16 Å². The molecule has 3 nitrogen and oxygen atoms in total. The minimum Gasteiger partial charge on any atom is -0.450 e. The third kappa shape index (κ3) is 15.5. The van der Waals surface area contributed by atoms with Crippen LogP contribution in [0.1, 0.15) is 104 Å². The molecule has 0 aromatic heterocycles. The summed E-state index contributed by atoms with van der Waals surface area (Å²) in [5.74, 6) is 0. The van der Waals surface area contributed by atoms with E-state index in [4.69, 9.17) is 9.84 Å². The van der Waals surface area contributed by atoms with E-state index in [1.54, 1.807) is 0 Å². The van der Waals surface area contributed by atoms with E-state index in [2.05, 4.69) is 13.8 Å². The molecule has 21 heavy (non-hydrogen) atoms. The van der Waals surface area contributed by atoms with Gasteiger partial charge in [-0.25, -0.2) is 4.79 Å². The maximum absolute atomic E-state index is 10.7. The molecule has 0 fully saturated rings. The van der Waals surface area contributed by atoms with Crippen molar-refractivity contribution in [3.05, 3.63) is 0 Å². The fraction of sp³-hybridized carbons (Fsp3) is 0.944. The Kier molecular flexibility index (Phi) is 15.1. The second kappa shape index (κ2) is 15.7. The molecule has 1 atom stereocenters. The molecular formula is C18H36O3. The Morgan fingerprint density at radius 3 is 1.62 bits per heavy atom. The Balaban J connectivity index is 3.51. The fourth-order valence-electron chi connectivity index (χ4n) is 2.71. The first kappa shape index (κ1) is 20.3. The molecule has 0 aliphatic carbocycles. The lowest BCUT2D eigenvalue weighted by molar-refractivity contribution is 0.0423. The van der Waals surface area contributed by atoms with Crippen LogP contribution < -0.4 is 0 Å². The highest BCUT2D eigenvalue weighted by Crippen LogP contribution is 2.16. The largest absolute Gasteiger partial charge is 0.506 e. The van der Waals surface area contributed by atoms with E-state index >= 15 is 0 Å². The van der Waals surface area contributed by atoms with E-state index in [1.165, 1.54) is 51.4 Å². The molecule has 0 rings (SSSR count). The summed E-state index contributed by atoms with van der Waals surface area (Å²) in [5, 5.41) is 8.76. The van der Waals surface area contributed by atoms with Crippen LogP contribution in [-0.4, -0.2) is 17.4 Å². The minimum atomic E-state index is -1.12. The minimum absolute atomic E-state index is 0.0846. The zero-order chi connectivity index (χ0) is 15.8. The van der Waals surface area contributed by atoms with Gasteiger partial charge in [0.15, 0.2) is 0 Å². The van der Waals surface area contributed by atoms with Crippen molar-refractivity contribution in [1.82, 2.24) is 0 Å². The van der Waals surface area contributed by atoms with Crippen molar-refractivity contribution < 1.29 is 14.6 Å². The first-order valence-electron chi connectivity index (χ1n) is 9.10. The van der Waals surface area contributed by atoms with E-state index in [-0.39, 0.29) is 6.10 Å². The SMILES string of the molecule is CCCCCCCCCCCC(CCCCC)OC(=O)O. The molecule has 0 aliphatic rings. The van der Waals surface area contributed by atoms with E-state index in [0.29, 0.717) is 0 Å². The molecule has 0 heterocycles. The van der Waals surface area contributed by atoms with Crippen molar-refractivity contribution in [2.24, 2.45) is 0 Å². The van der Waals surface area contributed by atoms with Crippen LogP contribution in [0, 0.1) is 0 Å². The lowest BCUT2D eigenvalue weighted by Crippen LogP contribution is -2.16. The number of rotatable bonds is 15. The topological polar surface area (TPSA) is 46.5 Å². The van der Waals surface area contributed by atoms with Gasteiger partial charge in [-0.2, -0.15) is 0 Å². The van der Waals surface area contributed by atoms with E-state index in [0.717, 1.165) is 38.5 Å². The molecular weight excluding hydrogens is 264 g/mol. The lowest BCUT2D eigenvalue weighted by atomic mass is 10.0. The Labute approximate surface area is 131 Å². The molecule has 3 heteroatoms. The molecule has 126 valence electrons. The number of carboxylic acid groups (broad SMARTS) is 1. The number of ether oxygens (including phenoxy) is 1. The van der Waals surface area contributed by atoms with Crippen molar-refractivity contribution in [3.63, 3.8) is 0 Å². The predicted molar refractivity (Wildman–Crippen MR) is 88.9 cm³/mol. The van der Waals surface area contributed by atoms with Crippen LogP contribution in [0.5, 0.6) is 0 Å². The molecule has 0 aliphatic heterocycles. The summed E-state index contributed by atoms with van der Waals surface area (Å²) in [6.07, 6.45) is 15.7. The zero-order valence-electron chi connectivity index (χ0n) is 14.2. The molecule has 0 saturated carbocycles. The van der Waals surface area contributed by atoms with Gasteiger partial charge in [-0.1, -0.05) is 78.1 Å². The molecule has 0 amide bonds. The van der Waals surface area contributed by atoms with Crippen molar-refractivity contribution in [3.8, 4) is 0 Å². The van der Waals surface area contributed by atoms with Gasteiger partial charge in [0.25, 0.3) is 0 Å². The highest BCUT2D eigenvalue weighted by Gasteiger charge is 2.12. The summed E-state index contributed by atoms with van der Waals surface area (Å²) < 4.78 is 4.99. The standard InChI is InChI=1S/C18H36O3/c1-3-5-7-8-9-10-11-12-14-16-17(21-18(19)20)15-13-6-4-2/h17H,3-16H2,1-2H3,(H,19,20). The van der Waals surface area contributed by atoms with Gasteiger partial charge in [-0.15, -0.1) is 0 Å². The molecule has 0 saturated heterocycles. The Morgan fingerprint density at radius 1 is 0.762 bits per heavy atom. The second-order valence-corrected chi connectivity index (χ2v) is 6.12. The molecule has 0 spiro atoms. The van der Waals surface area contributed by atoms with Crippen LogP contribution >= 0.6 is 0 Å². The van der Waals surface area contributed by atoms with Gasteiger partial charge in [0.05, 0.1) is 0 Å².